The van der Waals surface area contributed by atoms with Crippen LogP contribution in [0.3, 0.4) is 0 Å². The summed E-state index contributed by atoms with van der Waals surface area (Å²) in [7, 11) is 0. The predicted octanol–water partition coefficient (Wildman–Crippen LogP) is 2.50. The Morgan fingerprint density at radius 2 is 1.55 bits per heavy atom. The van der Waals surface area contributed by atoms with Crippen molar-refractivity contribution in [2.24, 2.45) is 0 Å². The highest BCUT2D eigenvalue weighted by Gasteiger charge is 2.32. The second-order valence-electron chi connectivity index (χ2n) is 7.74. The van der Waals surface area contributed by atoms with Gasteiger partial charge < -0.3 is 25.6 Å². The van der Waals surface area contributed by atoms with Gasteiger partial charge in [0.2, 0.25) is 5.91 Å². The van der Waals surface area contributed by atoms with E-state index in [0.29, 0.717) is 0 Å². The molecular weight excluding hydrogens is 438 g/mol. The van der Waals surface area contributed by atoms with Crippen molar-refractivity contribution in [1.82, 2.24) is 10.6 Å². The second-order valence-corrected chi connectivity index (χ2v) is 7.74. The zero-order chi connectivity index (χ0) is 24.1. The van der Waals surface area contributed by atoms with Crippen molar-refractivity contribution in [3.8, 4) is 11.1 Å². The number of aliphatic hydroxyl groups is 1. The van der Waals surface area contributed by atoms with Crippen molar-refractivity contribution in [1.29, 1.82) is 0 Å². The SMILES string of the molecule is C[C@@H](O)[C@H](NC(=O)CC(NC(=O)OCC1c2ccccc2-c2ccccc21)C(F)F)C(=O)O. The normalized spacial score (nSPS) is 15.2. The highest BCUT2D eigenvalue weighted by molar-refractivity contribution is 5.84. The molecule has 2 aromatic rings. The van der Waals surface area contributed by atoms with Crippen LogP contribution in [0.4, 0.5) is 13.6 Å². The molecule has 1 aliphatic rings. The van der Waals surface area contributed by atoms with Crippen molar-refractivity contribution < 1.29 is 38.1 Å². The average molecular weight is 462 g/mol. The molecule has 10 heteroatoms. The van der Waals surface area contributed by atoms with Gasteiger partial charge in [-0.25, -0.2) is 18.4 Å². The molecule has 0 bridgehead atoms. The van der Waals surface area contributed by atoms with Crippen molar-refractivity contribution in [2.75, 3.05) is 6.61 Å². The number of carbonyl (C=O) groups excluding carboxylic acids is 2. The van der Waals surface area contributed by atoms with Gasteiger partial charge in [-0.1, -0.05) is 48.5 Å². The number of hydrogen-bond donors (Lipinski definition) is 4. The lowest BCUT2D eigenvalue weighted by atomic mass is 9.98. The number of aliphatic hydroxyl groups excluding tert-OH is 1. The van der Waals surface area contributed by atoms with E-state index >= 15 is 0 Å². The Balaban J connectivity index is 1.61. The van der Waals surface area contributed by atoms with Gasteiger partial charge in [0.05, 0.1) is 12.5 Å². The first-order valence-electron chi connectivity index (χ1n) is 10.3. The lowest BCUT2D eigenvalue weighted by Gasteiger charge is -2.21. The maximum absolute atomic E-state index is 13.4. The average Bonchev–Trinajstić information content (AvgIpc) is 3.09. The van der Waals surface area contributed by atoms with Crippen molar-refractivity contribution in [2.45, 2.75) is 43.9 Å². The number of hydrogen-bond acceptors (Lipinski definition) is 5. The standard InChI is InChI=1S/C23H24F2N2O6/c1-12(28)20(22(30)31)27-19(29)10-18(21(24)25)26-23(32)33-11-17-15-8-4-2-6-13(15)14-7-3-5-9-16(14)17/h2-9,12,17-18,20-21,28H,10-11H2,1H3,(H,26,32)(H,27,29)(H,30,31)/t12-,18?,20+/m1/s1. The van der Waals surface area contributed by atoms with Crippen LogP contribution >= 0.6 is 0 Å². The van der Waals surface area contributed by atoms with E-state index in [2.05, 4.69) is 0 Å². The van der Waals surface area contributed by atoms with Gasteiger partial charge in [0.25, 0.3) is 6.43 Å². The Morgan fingerprint density at radius 3 is 2.03 bits per heavy atom. The summed E-state index contributed by atoms with van der Waals surface area (Å²) < 4.78 is 32.0. The monoisotopic (exact) mass is 462 g/mol. The summed E-state index contributed by atoms with van der Waals surface area (Å²) in [4.78, 5) is 35.3. The maximum Gasteiger partial charge on any atom is 0.407 e. The summed E-state index contributed by atoms with van der Waals surface area (Å²) in [6, 6.07) is 11.7. The molecule has 0 radical (unpaired) electrons. The van der Waals surface area contributed by atoms with Gasteiger partial charge in [0.1, 0.15) is 12.6 Å². The van der Waals surface area contributed by atoms with E-state index in [9.17, 15) is 28.3 Å². The van der Waals surface area contributed by atoms with E-state index in [1.54, 1.807) is 0 Å². The van der Waals surface area contributed by atoms with Crippen molar-refractivity contribution in [3.63, 3.8) is 0 Å². The fourth-order valence-electron chi connectivity index (χ4n) is 3.82. The van der Waals surface area contributed by atoms with E-state index in [-0.39, 0.29) is 12.5 Å². The van der Waals surface area contributed by atoms with Gasteiger partial charge in [0.15, 0.2) is 6.04 Å². The van der Waals surface area contributed by atoms with Gasteiger partial charge in [-0.3, -0.25) is 4.79 Å². The van der Waals surface area contributed by atoms with Gasteiger partial charge >= 0.3 is 12.1 Å². The molecule has 0 saturated carbocycles. The van der Waals surface area contributed by atoms with E-state index in [1.807, 2.05) is 59.2 Å². The third kappa shape index (κ3) is 5.64. The molecule has 8 nitrogen and oxygen atoms in total. The number of halogens is 2. The molecular formula is C23H24F2N2O6. The quantitative estimate of drug-likeness (QED) is 0.454. The minimum atomic E-state index is -3.11. The molecule has 4 N–H and O–H groups in total. The van der Waals surface area contributed by atoms with Crippen LogP contribution in [-0.4, -0.2) is 59.4 Å². The number of amides is 2. The molecule has 2 amide bonds. The van der Waals surface area contributed by atoms with Gasteiger partial charge in [0, 0.05) is 5.92 Å². The topological polar surface area (TPSA) is 125 Å². The molecule has 0 spiro atoms. The maximum atomic E-state index is 13.4. The van der Waals surface area contributed by atoms with Crippen LogP contribution in [0, 0.1) is 0 Å². The highest BCUT2D eigenvalue weighted by Crippen LogP contribution is 2.44. The summed E-state index contributed by atoms with van der Waals surface area (Å²) in [6.45, 7) is 1.05. The number of aliphatic carboxylic acids is 1. The molecule has 1 aliphatic carbocycles. The number of benzene rings is 2. The van der Waals surface area contributed by atoms with Crippen molar-refractivity contribution in [3.05, 3.63) is 59.7 Å². The minimum Gasteiger partial charge on any atom is -0.480 e. The van der Waals surface area contributed by atoms with Crippen LogP contribution in [0.5, 0.6) is 0 Å². The molecule has 176 valence electrons. The van der Waals surface area contributed by atoms with Gasteiger partial charge in [-0.15, -0.1) is 0 Å². The Bertz CT molecular complexity index is 984. The lowest BCUT2D eigenvalue weighted by Crippen LogP contribution is -2.50. The number of fused-ring (bicyclic) bond motifs is 3. The van der Waals surface area contributed by atoms with Crippen LogP contribution in [0.1, 0.15) is 30.4 Å². The molecule has 2 aromatic carbocycles. The number of alkyl carbamates (subject to hydrolysis) is 1. The zero-order valence-electron chi connectivity index (χ0n) is 17.7. The molecule has 0 aromatic heterocycles. The number of carbonyl (C=O) groups is 3. The number of carboxylic acids is 1. The summed E-state index contributed by atoms with van der Waals surface area (Å²) in [6.07, 6.45) is -6.56. The van der Waals surface area contributed by atoms with Crippen LogP contribution in [-0.2, 0) is 14.3 Å². The summed E-state index contributed by atoms with van der Waals surface area (Å²) in [5, 5.41) is 22.3. The third-order valence-corrected chi connectivity index (χ3v) is 5.42. The Labute approximate surface area is 188 Å². The van der Waals surface area contributed by atoms with Crippen LogP contribution in [0.15, 0.2) is 48.5 Å². The molecule has 0 aliphatic heterocycles. The van der Waals surface area contributed by atoms with E-state index in [0.717, 1.165) is 29.2 Å². The number of nitrogens with one attached hydrogen (secondary N) is 2. The van der Waals surface area contributed by atoms with Crippen molar-refractivity contribution >= 4 is 18.0 Å². The number of ether oxygens (including phenoxy) is 1. The first-order valence-corrected chi connectivity index (χ1v) is 10.3. The van der Waals surface area contributed by atoms with Gasteiger partial charge in [-0.05, 0) is 29.2 Å². The minimum absolute atomic E-state index is 0.0921. The third-order valence-electron chi connectivity index (χ3n) is 5.42. The first kappa shape index (κ1) is 24.1. The molecule has 0 saturated heterocycles. The van der Waals surface area contributed by atoms with E-state index in [4.69, 9.17) is 9.84 Å². The Hall–Kier alpha value is -3.53. The first-order chi connectivity index (χ1) is 15.7. The largest absolute Gasteiger partial charge is 0.480 e. The van der Waals surface area contributed by atoms with E-state index < -0.39 is 49.0 Å². The number of carboxylic acid groups (broad SMARTS) is 1. The number of alkyl halides is 2. The fourth-order valence-corrected chi connectivity index (χ4v) is 3.82. The number of rotatable bonds is 9. The highest BCUT2D eigenvalue weighted by atomic mass is 19.3. The van der Waals surface area contributed by atoms with Crippen LogP contribution in [0.25, 0.3) is 11.1 Å². The zero-order valence-corrected chi connectivity index (χ0v) is 17.7. The summed E-state index contributed by atoms with van der Waals surface area (Å²) in [5.74, 6) is -2.84. The van der Waals surface area contributed by atoms with Crippen LogP contribution in [0.2, 0.25) is 0 Å². The summed E-state index contributed by atoms with van der Waals surface area (Å²) >= 11 is 0. The van der Waals surface area contributed by atoms with E-state index in [1.165, 1.54) is 0 Å². The fraction of sp³-hybridized carbons (Fsp3) is 0.348. The van der Waals surface area contributed by atoms with Gasteiger partial charge in [-0.2, -0.15) is 0 Å². The summed E-state index contributed by atoms with van der Waals surface area (Å²) in [5.41, 5.74) is 3.92. The molecule has 1 unspecified atom stereocenters. The molecule has 33 heavy (non-hydrogen) atoms. The smallest absolute Gasteiger partial charge is 0.407 e. The Morgan fingerprint density at radius 1 is 1.00 bits per heavy atom. The molecule has 3 atom stereocenters. The molecule has 0 fully saturated rings. The predicted molar refractivity (Wildman–Crippen MR) is 114 cm³/mol. The molecule has 3 rings (SSSR count). The second kappa shape index (κ2) is 10.4. The Kier molecular flexibility index (Phi) is 7.59. The van der Waals surface area contributed by atoms with Crippen LogP contribution < -0.4 is 10.6 Å². The molecule has 0 heterocycles. The lowest BCUT2D eigenvalue weighted by molar-refractivity contribution is -0.145.